The van der Waals surface area contributed by atoms with Gasteiger partial charge in [0.15, 0.2) is 0 Å². The van der Waals surface area contributed by atoms with Crippen LogP contribution in [0, 0.1) is 0 Å². The summed E-state index contributed by atoms with van der Waals surface area (Å²) in [5.74, 6) is -0.262. The number of nitrogens with one attached hydrogen (secondary N) is 2. The van der Waals surface area contributed by atoms with Gasteiger partial charge in [-0.3, -0.25) is 9.59 Å². The van der Waals surface area contributed by atoms with Crippen LogP contribution in [0.4, 0.5) is 0 Å². The quantitative estimate of drug-likeness (QED) is 0.892. The van der Waals surface area contributed by atoms with Crippen molar-refractivity contribution < 1.29 is 4.79 Å². The first-order valence-corrected chi connectivity index (χ1v) is 6.15. The highest BCUT2D eigenvalue weighted by molar-refractivity contribution is 5.97. The molecule has 0 aliphatic rings. The van der Waals surface area contributed by atoms with Crippen LogP contribution in [0.15, 0.2) is 35.1 Å². The summed E-state index contributed by atoms with van der Waals surface area (Å²) in [4.78, 5) is 28.4. The highest BCUT2D eigenvalue weighted by atomic mass is 35.5. The van der Waals surface area contributed by atoms with E-state index in [1.165, 1.54) is 4.90 Å². The molecule has 0 saturated carbocycles. The summed E-state index contributed by atoms with van der Waals surface area (Å²) in [5.41, 5.74) is 0.569. The van der Waals surface area contributed by atoms with Crippen molar-refractivity contribution in [1.29, 1.82) is 0 Å². The Bertz CT molecular complexity index is 654. The first kappa shape index (κ1) is 16.2. The van der Waals surface area contributed by atoms with Crippen LogP contribution in [-0.4, -0.2) is 43.0 Å². The Hall–Kier alpha value is -1.85. The second-order valence-corrected chi connectivity index (χ2v) is 4.43. The summed E-state index contributed by atoms with van der Waals surface area (Å²) in [6.45, 7) is 1.25. The lowest BCUT2D eigenvalue weighted by atomic mass is 10.1. The summed E-state index contributed by atoms with van der Waals surface area (Å²) >= 11 is 0. The molecule has 1 aromatic carbocycles. The summed E-state index contributed by atoms with van der Waals surface area (Å²) in [5, 5.41) is 3.82. The second-order valence-electron chi connectivity index (χ2n) is 4.43. The summed E-state index contributed by atoms with van der Waals surface area (Å²) in [6.07, 6.45) is 0. The van der Waals surface area contributed by atoms with Gasteiger partial charge < -0.3 is 15.2 Å². The van der Waals surface area contributed by atoms with E-state index < -0.39 is 0 Å². The van der Waals surface area contributed by atoms with Crippen LogP contribution in [-0.2, 0) is 0 Å². The van der Waals surface area contributed by atoms with Gasteiger partial charge in [0.05, 0.1) is 0 Å². The normalized spacial score (nSPS) is 10.1. The molecule has 0 bridgehead atoms. The minimum Gasteiger partial charge on any atom is -0.340 e. The van der Waals surface area contributed by atoms with Gasteiger partial charge in [0.25, 0.3) is 11.5 Å². The van der Waals surface area contributed by atoms with Gasteiger partial charge in [0.1, 0.15) is 5.56 Å². The number of hydrogen-bond donors (Lipinski definition) is 2. The fraction of sp³-hybridized carbons (Fsp3) is 0.286. The molecule has 1 amide bonds. The predicted molar refractivity (Wildman–Crippen MR) is 82.7 cm³/mol. The van der Waals surface area contributed by atoms with Crippen LogP contribution in [0.5, 0.6) is 0 Å². The molecule has 0 aliphatic carbocycles. The van der Waals surface area contributed by atoms with Crippen LogP contribution in [0.25, 0.3) is 10.9 Å². The first-order chi connectivity index (χ1) is 9.13. The fourth-order valence-corrected chi connectivity index (χ4v) is 1.89. The van der Waals surface area contributed by atoms with E-state index in [2.05, 4.69) is 10.3 Å². The lowest BCUT2D eigenvalue weighted by Gasteiger charge is -2.16. The number of pyridine rings is 1. The molecule has 1 heterocycles. The van der Waals surface area contributed by atoms with Gasteiger partial charge >= 0.3 is 0 Å². The molecule has 2 aromatic rings. The Morgan fingerprint density at radius 1 is 1.35 bits per heavy atom. The number of amides is 1. The summed E-state index contributed by atoms with van der Waals surface area (Å²) < 4.78 is 0. The third kappa shape index (κ3) is 3.37. The van der Waals surface area contributed by atoms with Crippen molar-refractivity contribution >= 4 is 29.2 Å². The van der Waals surface area contributed by atoms with Gasteiger partial charge in [-0.1, -0.05) is 18.2 Å². The highest BCUT2D eigenvalue weighted by Gasteiger charge is 2.15. The van der Waals surface area contributed by atoms with Crippen LogP contribution in [0.1, 0.15) is 10.4 Å². The number of aromatic amines is 1. The Balaban J connectivity index is 0.00000200. The molecule has 0 unspecified atom stereocenters. The first-order valence-electron chi connectivity index (χ1n) is 6.15. The number of nitrogens with zero attached hydrogens (tertiary/aromatic N) is 1. The second kappa shape index (κ2) is 7.07. The van der Waals surface area contributed by atoms with E-state index in [-0.39, 0.29) is 29.4 Å². The number of carbonyl (C=O) groups is 1. The minimum absolute atomic E-state index is 0. The van der Waals surface area contributed by atoms with Gasteiger partial charge in [-0.15, -0.1) is 12.4 Å². The van der Waals surface area contributed by atoms with Gasteiger partial charge in [-0.2, -0.15) is 0 Å². The number of hydrogen-bond acceptors (Lipinski definition) is 3. The molecular formula is C14H18ClN3O2. The number of fused-ring (bicyclic) bond motifs is 1. The molecule has 0 radical (unpaired) electrons. The number of halogens is 1. The van der Waals surface area contributed by atoms with E-state index >= 15 is 0 Å². The molecule has 20 heavy (non-hydrogen) atoms. The van der Waals surface area contributed by atoms with E-state index in [9.17, 15) is 9.59 Å². The number of likely N-dealkylation sites (N-methyl/N-ethyl adjacent to an activating group) is 2. The average Bonchev–Trinajstić information content (AvgIpc) is 2.43. The van der Waals surface area contributed by atoms with Crippen LogP contribution in [0.2, 0.25) is 0 Å². The molecule has 0 aliphatic heterocycles. The summed E-state index contributed by atoms with van der Waals surface area (Å²) in [6, 6.07) is 9.05. The third-order valence-corrected chi connectivity index (χ3v) is 3.03. The Morgan fingerprint density at radius 2 is 2.05 bits per heavy atom. The standard InChI is InChI=1S/C14H17N3O2.ClH/c1-15-7-8-17(2)14(19)11-9-10-5-3-4-6-12(10)16-13(11)18;/h3-6,9,15H,7-8H2,1-2H3,(H,16,18);1H. The van der Waals surface area contributed by atoms with Gasteiger partial charge in [-0.05, 0) is 24.6 Å². The van der Waals surface area contributed by atoms with Crippen molar-refractivity contribution in [3.8, 4) is 0 Å². The maximum Gasteiger partial charge on any atom is 0.261 e. The zero-order chi connectivity index (χ0) is 13.8. The monoisotopic (exact) mass is 295 g/mol. The molecule has 5 nitrogen and oxygen atoms in total. The Kier molecular flexibility index (Phi) is 5.73. The maximum atomic E-state index is 12.2. The molecule has 1 aromatic heterocycles. The smallest absolute Gasteiger partial charge is 0.261 e. The maximum absolute atomic E-state index is 12.2. The molecule has 6 heteroatoms. The van der Waals surface area contributed by atoms with Crippen LogP contribution < -0.4 is 10.9 Å². The van der Waals surface area contributed by atoms with Crippen molar-refractivity contribution in [2.45, 2.75) is 0 Å². The SMILES string of the molecule is CNCCN(C)C(=O)c1cc2ccccc2[nH]c1=O.Cl. The molecule has 0 saturated heterocycles. The van der Waals surface area contributed by atoms with Gasteiger partial charge in [0.2, 0.25) is 0 Å². The Morgan fingerprint density at radius 3 is 2.75 bits per heavy atom. The number of carbonyl (C=O) groups excluding carboxylic acids is 1. The zero-order valence-electron chi connectivity index (χ0n) is 11.5. The van der Waals surface area contributed by atoms with E-state index in [1.807, 2.05) is 31.3 Å². The predicted octanol–water partition coefficient (Wildman–Crippen LogP) is 1.24. The average molecular weight is 296 g/mol. The largest absolute Gasteiger partial charge is 0.340 e. The van der Waals surface area contributed by atoms with Crippen molar-refractivity contribution in [3.63, 3.8) is 0 Å². The number of rotatable bonds is 4. The van der Waals surface area contributed by atoms with E-state index in [1.54, 1.807) is 13.1 Å². The third-order valence-electron chi connectivity index (χ3n) is 3.03. The number of H-pyrrole nitrogens is 1. The van der Waals surface area contributed by atoms with Crippen molar-refractivity contribution in [2.75, 3.05) is 27.2 Å². The van der Waals surface area contributed by atoms with Crippen molar-refractivity contribution in [2.24, 2.45) is 0 Å². The van der Waals surface area contributed by atoms with Crippen molar-refractivity contribution in [1.82, 2.24) is 15.2 Å². The minimum atomic E-state index is -0.347. The van der Waals surface area contributed by atoms with E-state index in [0.717, 1.165) is 10.9 Å². The fourth-order valence-electron chi connectivity index (χ4n) is 1.89. The number of benzene rings is 1. The highest BCUT2D eigenvalue weighted by Crippen LogP contribution is 2.10. The number of para-hydroxylation sites is 1. The van der Waals surface area contributed by atoms with Crippen molar-refractivity contribution in [3.05, 3.63) is 46.2 Å². The van der Waals surface area contributed by atoms with Gasteiger partial charge in [0, 0.05) is 25.7 Å². The lowest BCUT2D eigenvalue weighted by molar-refractivity contribution is 0.0795. The summed E-state index contributed by atoms with van der Waals surface area (Å²) in [7, 11) is 3.51. The van der Waals surface area contributed by atoms with Crippen LogP contribution in [0.3, 0.4) is 0 Å². The van der Waals surface area contributed by atoms with Crippen LogP contribution >= 0.6 is 12.4 Å². The molecule has 2 N–H and O–H groups in total. The molecule has 108 valence electrons. The Labute approximate surface area is 123 Å². The molecule has 0 fully saturated rings. The van der Waals surface area contributed by atoms with E-state index in [0.29, 0.717) is 13.1 Å². The topological polar surface area (TPSA) is 65.2 Å². The number of aromatic nitrogens is 1. The van der Waals surface area contributed by atoms with Gasteiger partial charge in [-0.25, -0.2) is 0 Å². The molecule has 0 spiro atoms. The van der Waals surface area contributed by atoms with E-state index in [4.69, 9.17) is 0 Å². The molecule has 0 atom stereocenters. The zero-order valence-corrected chi connectivity index (χ0v) is 12.3. The molecular weight excluding hydrogens is 278 g/mol. The molecule has 2 rings (SSSR count). The lowest BCUT2D eigenvalue weighted by Crippen LogP contribution is -2.35.